The average molecular weight is 342 g/mol. The van der Waals surface area contributed by atoms with E-state index in [9.17, 15) is 4.79 Å². The topological polar surface area (TPSA) is 52.9 Å². The average Bonchev–Trinajstić information content (AvgIpc) is 2.31. The molecule has 0 aliphatic carbocycles. The van der Waals surface area contributed by atoms with Crippen molar-refractivity contribution in [3.63, 3.8) is 0 Å². The molecule has 0 aliphatic heterocycles. The van der Waals surface area contributed by atoms with E-state index in [-0.39, 0.29) is 5.91 Å². The number of benzene rings is 1. The Kier molecular flexibility index (Phi) is 5.42. The van der Waals surface area contributed by atoms with Gasteiger partial charge in [0.05, 0.1) is 6.07 Å². The van der Waals surface area contributed by atoms with Crippen molar-refractivity contribution in [2.24, 2.45) is 5.92 Å². The first kappa shape index (κ1) is 14.0. The molecule has 17 heavy (non-hydrogen) atoms. The van der Waals surface area contributed by atoms with Gasteiger partial charge in [0.15, 0.2) is 0 Å². The molecule has 0 bridgehead atoms. The molecule has 0 heterocycles. The Morgan fingerprint density at radius 3 is 2.88 bits per heavy atom. The Hall–Kier alpha value is -1.09. The second-order valence-electron chi connectivity index (χ2n) is 3.87. The number of carbonyl (C=O) groups excluding carboxylic acids is 1. The van der Waals surface area contributed by atoms with E-state index in [4.69, 9.17) is 5.26 Å². The summed E-state index contributed by atoms with van der Waals surface area (Å²) in [4.78, 5) is 11.9. The highest BCUT2D eigenvalue weighted by molar-refractivity contribution is 14.1. The number of amides is 1. The Morgan fingerprint density at radius 1 is 1.59 bits per heavy atom. The minimum atomic E-state index is -0.558. The number of halogens is 1. The zero-order chi connectivity index (χ0) is 12.8. The predicted octanol–water partition coefficient (Wildman–Crippen LogP) is 3.48. The van der Waals surface area contributed by atoms with E-state index < -0.39 is 5.92 Å². The zero-order valence-corrected chi connectivity index (χ0v) is 12.1. The quantitative estimate of drug-likeness (QED) is 0.852. The first-order chi connectivity index (χ1) is 8.10. The second kappa shape index (κ2) is 6.60. The van der Waals surface area contributed by atoms with Crippen LogP contribution in [0.4, 0.5) is 5.69 Å². The molecule has 4 heteroatoms. The number of nitrogens with zero attached hydrogens (tertiary/aromatic N) is 1. The van der Waals surface area contributed by atoms with Gasteiger partial charge in [-0.3, -0.25) is 4.79 Å². The van der Waals surface area contributed by atoms with Crippen LogP contribution in [-0.2, 0) is 4.79 Å². The van der Waals surface area contributed by atoms with E-state index >= 15 is 0 Å². The molecule has 1 N–H and O–H groups in total. The summed E-state index contributed by atoms with van der Waals surface area (Å²) in [5, 5.41) is 11.7. The molecule has 1 atom stereocenters. The van der Waals surface area contributed by atoms with Crippen LogP contribution in [0.25, 0.3) is 0 Å². The van der Waals surface area contributed by atoms with E-state index in [1.807, 2.05) is 38.1 Å². The summed E-state index contributed by atoms with van der Waals surface area (Å²) < 4.78 is 1.10. The number of anilines is 1. The third-order valence-electron chi connectivity index (χ3n) is 2.58. The third-order valence-corrected chi connectivity index (χ3v) is 3.74. The second-order valence-corrected chi connectivity index (χ2v) is 5.03. The number of carbonyl (C=O) groups is 1. The Labute approximate surface area is 115 Å². The van der Waals surface area contributed by atoms with Crippen LogP contribution in [0.5, 0.6) is 0 Å². The van der Waals surface area contributed by atoms with Crippen molar-refractivity contribution in [1.82, 2.24) is 0 Å². The van der Waals surface area contributed by atoms with Gasteiger partial charge in [-0.1, -0.05) is 19.4 Å². The first-order valence-corrected chi connectivity index (χ1v) is 6.63. The monoisotopic (exact) mass is 342 g/mol. The molecule has 1 aromatic rings. The van der Waals surface area contributed by atoms with E-state index in [2.05, 4.69) is 27.9 Å². The lowest BCUT2D eigenvalue weighted by molar-refractivity contribution is -0.118. The van der Waals surface area contributed by atoms with Gasteiger partial charge in [0, 0.05) is 9.26 Å². The maximum Gasteiger partial charge on any atom is 0.241 e. The van der Waals surface area contributed by atoms with Crippen LogP contribution < -0.4 is 5.32 Å². The van der Waals surface area contributed by atoms with Gasteiger partial charge in [0.25, 0.3) is 0 Å². The molecule has 0 fully saturated rings. The summed E-state index contributed by atoms with van der Waals surface area (Å²) in [5.74, 6) is -0.767. The summed E-state index contributed by atoms with van der Waals surface area (Å²) in [6.45, 7) is 3.92. The van der Waals surface area contributed by atoms with Crippen LogP contribution in [0.1, 0.15) is 25.3 Å². The molecule has 90 valence electrons. The largest absolute Gasteiger partial charge is 0.325 e. The number of hydrogen-bond acceptors (Lipinski definition) is 2. The van der Waals surface area contributed by atoms with Gasteiger partial charge in [0.1, 0.15) is 5.92 Å². The molecule has 0 spiro atoms. The molecule has 1 amide bonds. The Balaban J connectivity index is 2.81. The lowest BCUT2D eigenvalue weighted by atomic mass is 10.0. The summed E-state index contributed by atoms with van der Waals surface area (Å²) in [6.07, 6.45) is 1.43. The summed E-state index contributed by atoms with van der Waals surface area (Å²) in [7, 11) is 0. The first-order valence-electron chi connectivity index (χ1n) is 5.55. The van der Waals surface area contributed by atoms with Gasteiger partial charge < -0.3 is 5.32 Å². The van der Waals surface area contributed by atoms with Crippen molar-refractivity contribution in [3.05, 3.63) is 27.3 Å². The molecule has 0 radical (unpaired) electrons. The minimum absolute atomic E-state index is 0.209. The number of rotatable bonds is 4. The summed E-state index contributed by atoms with van der Waals surface area (Å²) in [5.41, 5.74) is 1.83. The molecule has 1 rings (SSSR count). The maximum absolute atomic E-state index is 11.9. The number of nitrogens with one attached hydrogen (secondary N) is 1. The van der Waals surface area contributed by atoms with Crippen molar-refractivity contribution < 1.29 is 4.79 Å². The molecule has 0 aromatic heterocycles. The standard InChI is InChI=1S/C13H15IN2O/c1-3-5-10(8-15)13(17)16-12-7-4-6-11(14)9(12)2/h4,6-7,10H,3,5H2,1-2H3,(H,16,17). The van der Waals surface area contributed by atoms with E-state index in [0.29, 0.717) is 6.42 Å². The molecule has 0 aliphatic rings. The van der Waals surface area contributed by atoms with Gasteiger partial charge in [-0.05, 0) is 53.6 Å². The third kappa shape index (κ3) is 3.70. The minimum Gasteiger partial charge on any atom is -0.325 e. The lowest BCUT2D eigenvalue weighted by Crippen LogP contribution is -2.22. The van der Waals surface area contributed by atoms with E-state index in [0.717, 1.165) is 21.2 Å². The zero-order valence-electron chi connectivity index (χ0n) is 9.96. The highest BCUT2D eigenvalue weighted by Gasteiger charge is 2.17. The van der Waals surface area contributed by atoms with Gasteiger partial charge >= 0.3 is 0 Å². The predicted molar refractivity (Wildman–Crippen MR) is 76.5 cm³/mol. The fourth-order valence-electron chi connectivity index (χ4n) is 1.51. The molecule has 3 nitrogen and oxygen atoms in total. The van der Waals surface area contributed by atoms with Crippen LogP contribution in [0.15, 0.2) is 18.2 Å². The number of nitriles is 1. The summed E-state index contributed by atoms with van der Waals surface area (Å²) >= 11 is 2.22. The van der Waals surface area contributed by atoms with E-state index in [1.165, 1.54) is 0 Å². The molecule has 0 saturated carbocycles. The Morgan fingerprint density at radius 2 is 2.29 bits per heavy atom. The normalized spacial score (nSPS) is 11.6. The van der Waals surface area contributed by atoms with Gasteiger partial charge in [0.2, 0.25) is 5.91 Å². The van der Waals surface area contributed by atoms with Crippen molar-refractivity contribution in [2.45, 2.75) is 26.7 Å². The van der Waals surface area contributed by atoms with Crippen LogP contribution >= 0.6 is 22.6 Å². The lowest BCUT2D eigenvalue weighted by Gasteiger charge is -2.12. The van der Waals surface area contributed by atoms with Crippen molar-refractivity contribution >= 4 is 34.2 Å². The van der Waals surface area contributed by atoms with Crippen LogP contribution in [-0.4, -0.2) is 5.91 Å². The SMILES string of the molecule is CCCC(C#N)C(=O)Nc1cccc(I)c1C. The fourth-order valence-corrected chi connectivity index (χ4v) is 2.00. The fraction of sp³-hybridized carbons (Fsp3) is 0.385. The smallest absolute Gasteiger partial charge is 0.241 e. The highest BCUT2D eigenvalue weighted by Crippen LogP contribution is 2.21. The van der Waals surface area contributed by atoms with Crippen molar-refractivity contribution in [1.29, 1.82) is 5.26 Å². The molecule has 1 unspecified atom stereocenters. The Bertz CT molecular complexity index is 451. The molecule has 1 aromatic carbocycles. The van der Waals surface area contributed by atoms with Crippen molar-refractivity contribution in [2.75, 3.05) is 5.32 Å². The van der Waals surface area contributed by atoms with Crippen LogP contribution in [0, 0.1) is 27.7 Å². The van der Waals surface area contributed by atoms with Gasteiger partial charge in [-0.15, -0.1) is 0 Å². The molecular weight excluding hydrogens is 327 g/mol. The molecule has 0 saturated heterocycles. The van der Waals surface area contributed by atoms with Crippen LogP contribution in [0.2, 0.25) is 0 Å². The summed E-state index contributed by atoms with van der Waals surface area (Å²) in [6, 6.07) is 7.78. The van der Waals surface area contributed by atoms with Crippen molar-refractivity contribution in [3.8, 4) is 6.07 Å². The highest BCUT2D eigenvalue weighted by atomic mass is 127. The molecular formula is C13H15IN2O. The number of hydrogen-bond donors (Lipinski definition) is 1. The van der Waals surface area contributed by atoms with E-state index in [1.54, 1.807) is 0 Å². The van der Waals surface area contributed by atoms with Gasteiger partial charge in [-0.25, -0.2) is 0 Å². The van der Waals surface area contributed by atoms with Crippen LogP contribution in [0.3, 0.4) is 0 Å². The van der Waals surface area contributed by atoms with Gasteiger partial charge in [-0.2, -0.15) is 5.26 Å². The maximum atomic E-state index is 11.9.